The Bertz CT molecular complexity index is 916. The third-order valence-electron chi connectivity index (χ3n) is 7.39. The fourth-order valence-corrected chi connectivity index (χ4v) is 5.78. The number of quaternary nitrogens is 1. The van der Waals surface area contributed by atoms with E-state index >= 15 is 0 Å². The van der Waals surface area contributed by atoms with Crippen LogP contribution in [0.1, 0.15) is 45.1 Å². The highest BCUT2D eigenvalue weighted by atomic mass is 19.4. The molecular weight excluding hydrogens is 447 g/mol. The minimum atomic E-state index is -4.87. The van der Waals surface area contributed by atoms with Crippen molar-refractivity contribution >= 4 is 11.5 Å². The van der Waals surface area contributed by atoms with Gasteiger partial charge in [-0.2, -0.15) is 0 Å². The number of alkyl halides is 3. The number of ether oxygens (including phenoxy) is 2. The summed E-state index contributed by atoms with van der Waals surface area (Å²) in [5, 5.41) is 10.7. The van der Waals surface area contributed by atoms with Crippen molar-refractivity contribution in [3.63, 3.8) is 0 Å². The van der Waals surface area contributed by atoms with Crippen LogP contribution in [0.5, 0.6) is 5.75 Å². The van der Waals surface area contributed by atoms with Crippen LogP contribution in [0.15, 0.2) is 24.0 Å². The van der Waals surface area contributed by atoms with Crippen molar-refractivity contribution in [1.29, 1.82) is 5.41 Å². The van der Waals surface area contributed by atoms with Crippen molar-refractivity contribution < 1.29 is 28.0 Å². The number of nitrogen functional groups attached to an aromatic ring is 1. The standard InChI is InChI=1S/C24H34F3N5O2/c1-13(2)31-20(11-19(28)14-8-21(23(29)30-12-14)34-24(25,26)27)22-17-9-15(10-18(17)22)32-6-4-16(33-3)5-7-32/h8,11-13,15-18,22,28,31H,4-7,9-10H2,1-3H3,(H2,29,30)/p+1/b20-11-,28-19?/t15?,17-,18+,22?. The molecule has 2 saturated carbocycles. The zero-order valence-corrected chi connectivity index (χ0v) is 19.9. The number of allylic oxidation sites excluding steroid dienone is 2. The molecule has 3 aliphatic rings. The van der Waals surface area contributed by atoms with Crippen molar-refractivity contribution in [2.45, 2.75) is 64.1 Å². The zero-order chi connectivity index (χ0) is 24.6. The predicted octanol–water partition coefficient (Wildman–Crippen LogP) is 2.92. The number of rotatable bonds is 8. The lowest BCUT2D eigenvalue weighted by Crippen LogP contribution is -2.87. The van der Waals surface area contributed by atoms with Gasteiger partial charge in [-0.25, -0.2) is 4.98 Å². The molecule has 188 valence electrons. The molecule has 2 heterocycles. The molecule has 1 saturated heterocycles. The van der Waals surface area contributed by atoms with Gasteiger partial charge in [0.15, 0.2) is 11.6 Å². The highest BCUT2D eigenvalue weighted by molar-refractivity contribution is 6.07. The number of nitrogens with zero attached hydrogens (tertiary/aromatic N) is 2. The first-order chi connectivity index (χ1) is 16.1. The summed E-state index contributed by atoms with van der Waals surface area (Å²) in [6.45, 7) is 6.37. The van der Waals surface area contributed by atoms with E-state index in [0.29, 0.717) is 35.9 Å². The Morgan fingerprint density at radius 1 is 1.26 bits per heavy atom. The molecule has 3 fully saturated rings. The van der Waals surface area contributed by atoms with Gasteiger partial charge in [0.2, 0.25) is 0 Å². The normalized spacial score (nSPS) is 28.3. The largest absolute Gasteiger partial charge is 0.573 e. The topological polar surface area (TPSA) is 101 Å². The Balaban J connectivity index is 1.43. The van der Waals surface area contributed by atoms with Gasteiger partial charge in [-0.05, 0) is 57.4 Å². The smallest absolute Gasteiger partial charge is 0.402 e. The minimum absolute atomic E-state index is 0.106. The number of nitrogens with two attached hydrogens (primary N) is 2. The number of fused-ring (bicyclic) bond motifs is 1. The van der Waals surface area contributed by atoms with Gasteiger partial charge in [0.25, 0.3) is 0 Å². The number of hydrogen-bond donors (Lipinski definition) is 3. The van der Waals surface area contributed by atoms with Crippen LogP contribution in [0.25, 0.3) is 0 Å². The number of aromatic nitrogens is 1. The maximum Gasteiger partial charge on any atom is 0.573 e. The Hall–Kier alpha value is -2.17. The molecule has 7 nitrogen and oxygen atoms in total. The summed E-state index contributed by atoms with van der Waals surface area (Å²) in [6, 6.07) is 2.06. The molecule has 34 heavy (non-hydrogen) atoms. The molecule has 10 heteroatoms. The Morgan fingerprint density at radius 2 is 1.91 bits per heavy atom. The molecule has 5 N–H and O–H groups in total. The fourth-order valence-electron chi connectivity index (χ4n) is 5.78. The van der Waals surface area contributed by atoms with Gasteiger partial charge in [-0.3, -0.25) is 5.41 Å². The molecule has 0 amide bonds. The Kier molecular flexibility index (Phi) is 7.21. The monoisotopic (exact) mass is 482 g/mol. The number of likely N-dealkylation sites (tertiary alicyclic amines) is 1. The van der Waals surface area contributed by atoms with E-state index in [-0.39, 0.29) is 17.1 Å². The van der Waals surface area contributed by atoms with Gasteiger partial charge in [0, 0.05) is 50.0 Å². The highest BCUT2D eigenvalue weighted by Crippen LogP contribution is 2.60. The lowest BCUT2D eigenvalue weighted by atomic mass is 9.98. The number of methoxy groups -OCH3 is 1. The quantitative estimate of drug-likeness (QED) is 0.495. The lowest BCUT2D eigenvalue weighted by molar-refractivity contribution is -0.640. The number of anilines is 1. The summed E-state index contributed by atoms with van der Waals surface area (Å²) < 4.78 is 47.5. The first kappa shape index (κ1) is 24.9. The molecule has 0 radical (unpaired) electrons. The maximum absolute atomic E-state index is 12.7. The highest BCUT2D eigenvalue weighted by Gasteiger charge is 2.60. The van der Waals surface area contributed by atoms with Crippen molar-refractivity contribution in [2.24, 2.45) is 17.8 Å². The molecule has 1 aromatic rings. The van der Waals surface area contributed by atoms with E-state index in [1.165, 1.54) is 6.20 Å². The SMILES string of the molecule is COC1CCN(C2C[C@@H]3C(/C(=C/C(=N)c4cnc(N)c(OC(F)(F)F)c4)[NH2+]C(C)C)[C@@H]3C2)CC1. The molecule has 0 bridgehead atoms. The zero-order valence-electron chi connectivity index (χ0n) is 19.9. The van der Waals surface area contributed by atoms with Gasteiger partial charge >= 0.3 is 6.36 Å². The Labute approximate surface area is 198 Å². The third kappa shape index (κ3) is 5.72. The summed E-state index contributed by atoms with van der Waals surface area (Å²) in [4.78, 5) is 6.41. The van der Waals surface area contributed by atoms with E-state index in [9.17, 15) is 13.2 Å². The summed E-state index contributed by atoms with van der Waals surface area (Å²) in [5.74, 6) is 0.675. The van der Waals surface area contributed by atoms with E-state index in [1.54, 1.807) is 13.2 Å². The van der Waals surface area contributed by atoms with Crippen LogP contribution in [0.3, 0.4) is 0 Å². The van der Waals surface area contributed by atoms with Crippen molar-refractivity contribution in [3.8, 4) is 5.75 Å². The average molecular weight is 483 g/mol. The van der Waals surface area contributed by atoms with E-state index in [1.807, 2.05) is 0 Å². The van der Waals surface area contributed by atoms with Crippen LogP contribution >= 0.6 is 0 Å². The number of nitrogens with one attached hydrogen (secondary N) is 1. The van der Waals surface area contributed by atoms with Crippen LogP contribution in [-0.4, -0.2) is 60.3 Å². The van der Waals surface area contributed by atoms with Crippen molar-refractivity contribution in [1.82, 2.24) is 9.88 Å². The van der Waals surface area contributed by atoms with Gasteiger partial charge in [0.05, 0.1) is 17.9 Å². The second-order valence-corrected chi connectivity index (χ2v) is 10.1. The lowest BCUT2D eigenvalue weighted by Gasteiger charge is -2.36. The number of piperidine rings is 1. The molecule has 0 spiro atoms. The van der Waals surface area contributed by atoms with E-state index in [2.05, 4.69) is 33.8 Å². The summed E-state index contributed by atoms with van der Waals surface area (Å²) in [7, 11) is 1.79. The predicted molar refractivity (Wildman–Crippen MR) is 122 cm³/mol. The summed E-state index contributed by atoms with van der Waals surface area (Å²) in [6.07, 6.45) is 3.11. The third-order valence-corrected chi connectivity index (χ3v) is 7.39. The van der Waals surface area contributed by atoms with Crippen molar-refractivity contribution in [3.05, 3.63) is 29.6 Å². The first-order valence-corrected chi connectivity index (χ1v) is 12.0. The minimum Gasteiger partial charge on any atom is -0.402 e. The van der Waals surface area contributed by atoms with Gasteiger partial charge in [-0.1, -0.05) is 0 Å². The van der Waals surface area contributed by atoms with Gasteiger partial charge < -0.3 is 25.4 Å². The average Bonchev–Trinajstić information content (AvgIpc) is 3.26. The van der Waals surface area contributed by atoms with E-state index in [4.69, 9.17) is 15.9 Å². The molecule has 1 aliphatic heterocycles. The molecule has 1 aromatic heterocycles. The van der Waals surface area contributed by atoms with Crippen LogP contribution in [0.4, 0.5) is 19.0 Å². The fraction of sp³-hybridized carbons (Fsp3) is 0.667. The Morgan fingerprint density at radius 3 is 2.47 bits per heavy atom. The molecule has 4 rings (SSSR count). The molecule has 2 aliphatic carbocycles. The maximum atomic E-state index is 12.7. The number of pyridine rings is 1. The van der Waals surface area contributed by atoms with Crippen LogP contribution < -0.4 is 15.8 Å². The molecule has 4 atom stereocenters. The van der Waals surface area contributed by atoms with E-state index in [0.717, 1.165) is 50.5 Å². The van der Waals surface area contributed by atoms with Crippen molar-refractivity contribution in [2.75, 3.05) is 25.9 Å². The molecular formula is C24H35F3N5O2+. The molecule has 2 unspecified atom stereocenters. The van der Waals surface area contributed by atoms with Gasteiger partial charge in [0.1, 0.15) is 5.70 Å². The summed E-state index contributed by atoms with van der Waals surface area (Å²) in [5.41, 5.74) is 6.98. The number of halogens is 3. The summed E-state index contributed by atoms with van der Waals surface area (Å²) >= 11 is 0. The van der Waals surface area contributed by atoms with Gasteiger partial charge in [-0.15, -0.1) is 13.2 Å². The van der Waals surface area contributed by atoms with Crippen LogP contribution in [0, 0.1) is 23.2 Å². The first-order valence-electron chi connectivity index (χ1n) is 12.0. The van der Waals surface area contributed by atoms with Crippen LogP contribution in [0.2, 0.25) is 0 Å². The van der Waals surface area contributed by atoms with Crippen LogP contribution in [-0.2, 0) is 4.74 Å². The second kappa shape index (κ2) is 9.83. The van der Waals surface area contributed by atoms with E-state index < -0.39 is 12.1 Å². The second-order valence-electron chi connectivity index (χ2n) is 10.1. The molecule has 0 aromatic carbocycles. The number of hydrogen-bond acceptors (Lipinski definition) is 6.